The van der Waals surface area contributed by atoms with E-state index in [9.17, 15) is 9.59 Å². The van der Waals surface area contributed by atoms with Gasteiger partial charge in [0.25, 0.3) is 5.91 Å². The average molecular weight is 500 g/mol. The second kappa shape index (κ2) is 12.9. The minimum atomic E-state index is -0.0348. The first-order chi connectivity index (χ1) is 18.1. The molecule has 1 heterocycles. The summed E-state index contributed by atoms with van der Waals surface area (Å²) in [7, 11) is 0. The van der Waals surface area contributed by atoms with Crippen LogP contribution in [0.15, 0.2) is 72.8 Å². The second-order valence-corrected chi connectivity index (χ2v) is 9.29. The quantitative estimate of drug-likeness (QED) is 0.418. The van der Waals surface area contributed by atoms with Gasteiger partial charge in [0.1, 0.15) is 5.75 Å². The molecule has 1 N–H and O–H groups in total. The zero-order chi connectivity index (χ0) is 26.0. The molecule has 1 aliphatic rings. The van der Waals surface area contributed by atoms with Crippen LogP contribution in [-0.2, 0) is 11.2 Å². The number of nitrogens with one attached hydrogen (secondary N) is 1. The van der Waals surface area contributed by atoms with E-state index < -0.39 is 0 Å². The summed E-state index contributed by atoms with van der Waals surface area (Å²) in [5, 5.41) is 2.91. The molecule has 37 heavy (non-hydrogen) atoms. The summed E-state index contributed by atoms with van der Waals surface area (Å²) < 4.78 is 5.67. The number of anilines is 1. The maximum atomic E-state index is 13.1. The summed E-state index contributed by atoms with van der Waals surface area (Å²) in [6.45, 7) is 8.32. The van der Waals surface area contributed by atoms with E-state index in [0.29, 0.717) is 44.6 Å². The number of rotatable bonds is 10. The molecule has 0 saturated carbocycles. The van der Waals surface area contributed by atoms with Crippen LogP contribution in [0.3, 0.4) is 0 Å². The van der Waals surface area contributed by atoms with Crippen molar-refractivity contribution < 1.29 is 14.3 Å². The van der Waals surface area contributed by atoms with Crippen LogP contribution in [-0.4, -0.2) is 56.0 Å². The molecule has 1 aliphatic heterocycles. The van der Waals surface area contributed by atoms with Crippen molar-refractivity contribution >= 4 is 17.5 Å². The van der Waals surface area contributed by atoms with Crippen molar-refractivity contribution in [3.8, 4) is 16.9 Å². The Kier molecular flexibility index (Phi) is 9.19. The summed E-state index contributed by atoms with van der Waals surface area (Å²) >= 11 is 0. The number of piperazine rings is 1. The van der Waals surface area contributed by atoms with E-state index in [4.69, 9.17) is 4.74 Å². The molecule has 0 bridgehead atoms. The van der Waals surface area contributed by atoms with Gasteiger partial charge in [0, 0.05) is 50.4 Å². The molecule has 6 nitrogen and oxygen atoms in total. The van der Waals surface area contributed by atoms with Gasteiger partial charge in [0.15, 0.2) is 0 Å². The van der Waals surface area contributed by atoms with E-state index in [0.717, 1.165) is 42.1 Å². The number of aryl methyl sites for hydroxylation is 1. The van der Waals surface area contributed by atoms with E-state index in [1.165, 1.54) is 5.56 Å². The summed E-state index contributed by atoms with van der Waals surface area (Å²) in [5.41, 5.74) is 5.19. The van der Waals surface area contributed by atoms with Crippen LogP contribution in [0.1, 0.15) is 42.6 Å². The second-order valence-electron chi connectivity index (χ2n) is 9.29. The number of carbonyl (C=O) groups is 2. The Labute approximate surface area is 220 Å². The summed E-state index contributed by atoms with van der Waals surface area (Å²) in [4.78, 5) is 29.4. The number of carbonyl (C=O) groups excluding carboxylic acids is 2. The molecule has 0 spiro atoms. The normalized spacial score (nSPS) is 13.4. The Bertz CT molecular complexity index is 1180. The zero-order valence-electron chi connectivity index (χ0n) is 21.9. The molecule has 0 radical (unpaired) electrons. The maximum absolute atomic E-state index is 13.1. The van der Waals surface area contributed by atoms with E-state index in [-0.39, 0.29) is 11.8 Å². The van der Waals surface area contributed by atoms with Crippen LogP contribution >= 0.6 is 0 Å². The lowest BCUT2D eigenvalue weighted by Crippen LogP contribution is -2.48. The van der Waals surface area contributed by atoms with Crippen LogP contribution in [0.25, 0.3) is 11.1 Å². The predicted molar refractivity (Wildman–Crippen MR) is 149 cm³/mol. The highest BCUT2D eigenvalue weighted by Gasteiger charge is 2.21. The third-order valence-corrected chi connectivity index (χ3v) is 6.74. The van der Waals surface area contributed by atoms with Crippen LogP contribution in [0.2, 0.25) is 0 Å². The van der Waals surface area contributed by atoms with Crippen molar-refractivity contribution in [2.24, 2.45) is 0 Å². The Morgan fingerprint density at radius 2 is 1.65 bits per heavy atom. The van der Waals surface area contributed by atoms with Crippen molar-refractivity contribution in [2.75, 3.05) is 44.2 Å². The molecular weight excluding hydrogens is 462 g/mol. The SMILES string of the molecule is CCCNC(=O)c1ccc(N2CCN(C(=O)CCc3ccccc3-c3cccc(OCC)c3)CC2)cc1. The Morgan fingerprint density at radius 3 is 2.38 bits per heavy atom. The third kappa shape index (κ3) is 6.91. The molecule has 0 aliphatic carbocycles. The smallest absolute Gasteiger partial charge is 0.251 e. The molecule has 2 amide bonds. The van der Waals surface area contributed by atoms with E-state index >= 15 is 0 Å². The molecule has 0 atom stereocenters. The average Bonchev–Trinajstić information content (AvgIpc) is 2.95. The number of hydrogen-bond donors (Lipinski definition) is 1. The van der Waals surface area contributed by atoms with Gasteiger partial charge >= 0.3 is 0 Å². The number of benzene rings is 3. The molecule has 3 aromatic carbocycles. The third-order valence-electron chi connectivity index (χ3n) is 6.74. The lowest BCUT2D eigenvalue weighted by atomic mass is 9.96. The monoisotopic (exact) mass is 499 g/mol. The van der Waals surface area contributed by atoms with Crippen LogP contribution < -0.4 is 15.0 Å². The van der Waals surface area contributed by atoms with Gasteiger partial charge in [-0.1, -0.05) is 43.3 Å². The largest absolute Gasteiger partial charge is 0.494 e. The fourth-order valence-electron chi connectivity index (χ4n) is 4.72. The van der Waals surface area contributed by atoms with Crippen molar-refractivity contribution in [1.82, 2.24) is 10.2 Å². The molecule has 1 fully saturated rings. The molecule has 0 aromatic heterocycles. The maximum Gasteiger partial charge on any atom is 0.251 e. The Balaban J connectivity index is 1.31. The Hall–Kier alpha value is -3.80. The van der Waals surface area contributed by atoms with Crippen molar-refractivity contribution in [3.05, 3.63) is 83.9 Å². The minimum Gasteiger partial charge on any atom is -0.494 e. The molecule has 1 saturated heterocycles. The van der Waals surface area contributed by atoms with E-state index in [1.807, 2.05) is 67.3 Å². The van der Waals surface area contributed by atoms with Gasteiger partial charge in [0.05, 0.1) is 6.61 Å². The lowest BCUT2D eigenvalue weighted by Gasteiger charge is -2.36. The van der Waals surface area contributed by atoms with Gasteiger partial charge in [-0.2, -0.15) is 0 Å². The summed E-state index contributed by atoms with van der Waals surface area (Å²) in [6, 6.07) is 24.2. The first-order valence-corrected chi connectivity index (χ1v) is 13.3. The predicted octanol–water partition coefficient (Wildman–Crippen LogP) is 5.17. The number of amides is 2. The van der Waals surface area contributed by atoms with E-state index in [2.05, 4.69) is 34.5 Å². The number of hydrogen-bond acceptors (Lipinski definition) is 4. The fraction of sp³-hybridized carbons (Fsp3) is 0.355. The number of nitrogens with zero attached hydrogens (tertiary/aromatic N) is 2. The van der Waals surface area contributed by atoms with Crippen LogP contribution in [0.4, 0.5) is 5.69 Å². The highest BCUT2D eigenvalue weighted by atomic mass is 16.5. The molecule has 0 unspecified atom stereocenters. The van der Waals surface area contributed by atoms with Gasteiger partial charge in [-0.3, -0.25) is 9.59 Å². The summed E-state index contributed by atoms with van der Waals surface area (Å²) in [6.07, 6.45) is 2.11. The van der Waals surface area contributed by atoms with Gasteiger partial charge in [-0.05, 0) is 72.9 Å². The highest BCUT2D eigenvalue weighted by Crippen LogP contribution is 2.28. The van der Waals surface area contributed by atoms with Crippen molar-refractivity contribution in [1.29, 1.82) is 0 Å². The van der Waals surface area contributed by atoms with Gasteiger partial charge in [0.2, 0.25) is 5.91 Å². The van der Waals surface area contributed by atoms with Gasteiger partial charge in [-0.25, -0.2) is 0 Å². The van der Waals surface area contributed by atoms with Gasteiger partial charge in [-0.15, -0.1) is 0 Å². The lowest BCUT2D eigenvalue weighted by molar-refractivity contribution is -0.131. The van der Waals surface area contributed by atoms with Crippen LogP contribution in [0.5, 0.6) is 5.75 Å². The van der Waals surface area contributed by atoms with Crippen molar-refractivity contribution in [3.63, 3.8) is 0 Å². The summed E-state index contributed by atoms with van der Waals surface area (Å²) in [5.74, 6) is 1.02. The minimum absolute atomic E-state index is 0.0348. The topological polar surface area (TPSA) is 61.9 Å². The highest BCUT2D eigenvalue weighted by molar-refractivity contribution is 5.94. The zero-order valence-corrected chi connectivity index (χ0v) is 21.9. The molecule has 6 heteroatoms. The van der Waals surface area contributed by atoms with E-state index in [1.54, 1.807) is 0 Å². The molecule has 3 aromatic rings. The first kappa shape index (κ1) is 26.3. The standard InChI is InChI=1S/C31H37N3O3/c1-3-18-32-31(36)25-12-15-27(16-13-25)33-19-21-34(22-20-33)30(35)17-14-24-8-5-6-11-29(24)26-9-7-10-28(23-26)37-4-2/h5-13,15-16,23H,3-4,14,17-22H2,1-2H3,(H,32,36). The molecule has 194 valence electrons. The van der Waals surface area contributed by atoms with Crippen LogP contribution in [0, 0.1) is 0 Å². The Morgan fingerprint density at radius 1 is 0.892 bits per heavy atom. The molecule has 4 rings (SSSR count). The van der Waals surface area contributed by atoms with Crippen molar-refractivity contribution in [2.45, 2.75) is 33.1 Å². The fourth-order valence-corrected chi connectivity index (χ4v) is 4.72. The first-order valence-electron chi connectivity index (χ1n) is 13.3. The number of ether oxygens (including phenoxy) is 1. The molecular formula is C31H37N3O3. The van der Waals surface area contributed by atoms with Gasteiger partial charge < -0.3 is 19.9 Å².